The summed E-state index contributed by atoms with van der Waals surface area (Å²) < 4.78 is 0. The van der Waals surface area contributed by atoms with E-state index < -0.39 is 11.9 Å². The first-order valence-corrected chi connectivity index (χ1v) is 6.21. The van der Waals surface area contributed by atoms with Gasteiger partial charge in [0.25, 0.3) is 5.91 Å². The molecule has 106 valence electrons. The summed E-state index contributed by atoms with van der Waals surface area (Å²) in [6.45, 7) is 3.66. The first kappa shape index (κ1) is 15.7. The summed E-state index contributed by atoms with van der Waals surface area (Å²) in [6, 6.07) is 0.921. The van der Waals surface area contributed by atoms with Crippen molar-refractivity contribution in [1.82, 2.24) is 15.6 Å². The fourth-order valence-electron chi connectivity index (χ4n) is 1.45. The number of aromatic nitrogens is 1. The SMILES string of the molecule is CCNC(=O)C(C)NC(=O)c1cncc(C#CCO)c1. The van der Waals surface area contributed by atoms with Gasteiger partial charge in [-0.2, -0.15) is 0 Å². The average Bonchev–Trinajstić information content (AvgIpc) is 2.45. The van der Waals surface area contributed by atoms with E-state index >= 15 is 0 Å². The van der Waals surface area contributed by atoms with Crippen LogP contribution in [0.3, 0.4) is 0 Å². The second-order valence-electron chi connectivity index (χ2n) is 4.01. The van der Waals surface area contributed by atoms with Gasteiger partial charge in [0.15, 0.2) is 0 Å². The van der Waals surface area contributed by atoms with Gasteiger partial charge in [-0.05, 0) is 19.9 Å². The Hall–Kier alpha value is -2.39. The van der Waals surface area contributed by atoms with Gasteiger partial charge in [-0.1, -0.05) is 11.8 Å². The van der Waals surface area contributed by atoms with Gasteiger partial charge in [0, 0.05) is 24.5 Å². The maximum Gasteiger partial charge on any atom is 0.253 e. The maximum absolute atomic E-state index is 12.0. The predicted molar refractivity (Wildman–Crippen MR) is 73.8 cm³/mol. The highest BCUT2D eigenvalue weighted by Crippen LogP contribution is 2.02. The Morgan fingerprint density at radius 3 is 2.85 bits per heavy atom. The highest BCUT2D eigenvalue weighted by Gasteiger charge is 2.16. The van der Waals surface area contributed by atoms with Crippen molar-refractivity contribution in [2.45, 2.75) is 19.9 Å². The molecule has 0 aromatic carbocycles. The number of likely N-dealkylation sites (N-methyl/N-ethyl adjacent to an activating group) is 1. The lowest BCUT2D eigenvalue weighted by molar-refractivity contribution is -0.122. The molecule has 2 amide bonds. The number of hydrogen-bond acceptors (Lipinski definition) is 4. The Kier molecular flexibility index (Phi) is 6.20. The number of nitrogens with one attached hydrogen (secondary N) is 2. The van der Waals surface area contributed by atoms with Crippen LogP contribution >= 0.6 is 0 Å². The van der Waals surface area contributed by atoms with Crippen LogP contribution < -0.4 is 10.6 Å². The predicted octanol–water partition coefficient (Wildman–Crippen LogP) is -0.320. The zero-order chi connectivity index (χ0) is 15.0. The summed E-state index contributed by atoms with van der Waals surface area (Å²) in [7, 11) is 0. The molecule has 0 saturated carbocycles. The van der Waals surface area contributed by atoms with Crippen molar-refractivity contribution < 1.29 is 14.7 Å². The van der Waals surface area contributed by atoms with Crippen LogP contribution in [0.4, 0.5) is 0 Å². The van der Waals surface area contributed by atoms with Crippen molar-refractivity contribution in [2.24, 2.45) is 0 Å². The van der Waals surface area contributed by atoms with Crippen LogP contribution in [0.2, 0.25) is 0 Å². The van der Waals surface area contributed by atoms with Crippen molar-refractivity contribution in [2.75, 3.05) is 13.2 Å². The molecule has 0 aliphatic rings. The highest BCUT2D eigenvalue weighted by molar-refractivity contribution is 5.97. The van der Waals surface area contributed by atoms with E-state index in [2.05, 4.69) is 27.5 Å². The fourth-order valence-corrected chi connectivity index (χ4v) is 1.45. The van der Waals surface area contributed by atoms with Gasteiger partial charge in [0.1, 0.15) is 12.6 Å². The molecule has 0 fully saturated rings. The van der Waals surface area contributed by atoms with E-state index in [0.29, 0.717) is 17.7 Å². The minimum atomic E-state index is -0.630. The zero-order valence-electron chi connectivity index (χ0n) is 11.4. The van der Waals surface area contributed by atoms with Crippen LogP contribution in [0.1, 0.15) is 29.8 Å². The molecular formula is C14H17N3O3. The summed E-state index contributed by atoms with van der Waals surface area (Å²) in [5, 5.41) is 13.8. The Morgan fingerprint density at radius 1 is 1.45 bits per heavy atom. The highest BCUT2D eigenvalue weighted by atomic mass is 16.2. The van der Waals surface area contributed by atoms with Crippen LogP contribution in [0.5, 0.6) is 0 Å². The lowest BCUT2D eigenvalue weighted by Gasteiger charge is -2.13. The van der Waals surface area contributed by atoms with E-state index in [1.165, 1.54) is 12.4 Å². The molecule has 0 aliphatic heterocycles. The van der Waals surface area contributed by atoms with Gasteiger partial charge in [0.2, 0.25) is 5.91 Å². The number of aliphatic hydroxyl groups is 1. The summed E-state index contributed by atoms with van der Waals surface area (Å²) in [4.78, 5) is 27.4. The second kappa shape index (κ2) is 7.92. The number of amides is 2. The Labute approximate surface area is 117 Å². The lowest BCUT2D eigenvalue weighted by Crippen LogP contribution is -2.44. The summed E-state index contributed by atoms with van der Waals surface area (Å²) >= 11 is 0. The molecule has 3 N–H and O–H groups in total. The quantitative estimate of drug-likeness (QED) is 0.657. The smallest absolute Gasteiger partial charge is 0.253 e. The van der Waals surface area contributed by atoms with E-state index in [-0.39, 0.29) is 12.5 Å². The molecule has 6 heteroatoms. The molecule has 1 aromatic heterocycles. The molecule has 1 atom stereocenters. The maximum atomic E-state index is 12.0. The Balaban J connectivity index is 2.75. The van der Waals surface area contributed by atoms with Crippen LogP contribution in [-0.4, -0.2) is 41.1 Å². The van der Waals surface area contributed by atoms with Crippen molar-refractivity contribution in [3.05, 3.63) is 29.6 Å². The molecule has 1 aromatic rings. The van der Waals surface area contributed by atoms with Gasteiger partial charge in [-0.25, -0.2) is 0 Å². The van der Waals surface area contributed by atoms with E-state index in [4.69, 9.17) is 5.11 Å². The van der Waals surface area contributed by atoms with E-state index in [0.717, 1.165) is 0 Å². The van der Waals surface area contributed by atoms with Crippen molar-refractivity contribution in [3.63, 3.8) is 0 Å². The molecule has 1 unspecified atom stereocenters. The van der Waals surface area contributed by atoms with E-state index in [1.54, 1.807) is 19.9 Å². The van der Waals surface area contributed by atoms with Crippen LogP contribution in [-0.2, 0) is 4.79 Å². The monoisotopic (exact) mass is 275 g/mol. The third kappa shape index (κ3) is 4.71. The first-order chi connectivity index (χ1) is 9.58. The molecule has 1 heterocycles. The van der Waals surface area contributed by atoms with Crippen LogP contribution in [0.15, 0.2) is 18.5 Å². The molecule has 20 heavy (non-hydrogen) atoms. The molecular weight excluding hydrogens is 258 g/mol. The molecule has 1 rings (SSSR count). The van der Waals surface area contributed by atoms with Crippen molar-refractivity contribution in [1.29, 1.82) is 0 Å². The minimum absolute atomic E-state index is 0.245. The van der Waals surface area contributed by atoms with Gasteiger partial charge >= 0.3 is 0 Å². The Bertz CT molecular complexity index is 546. The Morgan fingerprint density at radius 2 is 2.20 bits per heavy atom. The summed E-state index contributed by atoms with van der Waals surface area (Å²) in [5.74, 6) is 4.50. The largest absolute Gasteiger partial charge is 0.384 e. The molecule has 0 radical (unpaired) electrons. The molecule has 0 aliphatic carbocycles. The third-order valence-corrected chi connectivity index (χ3v) is 2.40. The number of carbonyl (C=O) groups excluding carboxylic acids is 2. The molecule has 6 nitrogen and oxygen atoms in total. The number of nitrogens with zero attached hydrogens (tertiary/aromatic N) is 1. The van der Waals surface area contributed by atoms with Gasteiger partial charge in [-0.3, -0.25) is 14.6 Å². The topological polar surface area (TPSA) is 91.3 Å². The van der Waals surface area contributed by atoms with Crippen LogP contribution in [0, 0.1) is 11.8 Å². The number of rotatable bonds is 4. The average molecular weight is 275 g/mol. The zero-order valence-corrected chi connectivity index (χ0v) is 11.4. The summed E-state index contributed by atoms with van der Waals surface area (Å²) in [6.07, 6.45) is 2.89. The normalized spacial score (nSPS) is 10.9. The van der Waals surface area contributed by atoms with Gasteiger partial charge in [-0.15, -0.1) is 0 Å². The van der Waals surface area contributed by atoms with Crippen LogP contribution in [0.25, 0.3) is 0 Å². The van der Waals surface area contributed by atoms with Crippen molar-refractivity contribution in [3.8, 4) is 11.8 Å². The van der Waals surface area contributed by atoms with Gasteiger partial charge < -0.3 is 15.7 Å². The van der Waals surface area contributed by atoms with Crippen molar-refractivity contribution >= 4 is 11.8 Å². The van der Waals surface area contributed by atoms with E-state index in [9.17, 15) is 9.59 Å². The van der Waals surface area contributed by atoms with E-state index in [1.807, 2.05) is 0 Å². The first-order valence-electron chi connectivity index (χ1n) is 6.21. The molecule has 0 saturated heterocycles. The number of pyridine rings is 1. The standard InChI is InChI=1S/C14H17N3O3/c1-3-16-13(19)10(2)17-14(20)12-7-11(5-4-6-18)8-15-9-12/h7-10,18H,3,6H2,1-2H3,(H,16,19)(H,17,20). The number of carbonyl (C=O) groups is 2. The molecule has 0 spiro atoms. The van der Waals surface area contributed by atoms with Gasteiger partial charge in [0.05, 0.1) is 5.56 Å². The molecule has 0 bridgehead atoms. The fraction of sp³-hybridized carbons (Fsp3) is 0.357. The minimum Gasteiger partial charge on any atom is -0.384 e. The second-order valence-corrected chi connectivity index (χ2v) is 4.01. The number of hydrogen-bond donors (Lipinski definition) is 3. The third-order valence-electron chi connectivity index (χ3n) is 2.40. The summed E-state index contributed by atoms with van der Waals surface area (Å²) in [5.41, 5.74) is 0.836. The lowest BCUT2D eigenvalue weighted by atomic mass is 10.2. The number of aliphatic hydroxyl groups excluding tert-OH is 1.